The van der Waals surface area contributed by atoms with Gasteiger partial charge in [-0.1, -0.05) is 0 Å². The summed E-state index contributed by atoms with van der Waals surface area (Å²) in [6.45, 7) is 2.62. The van der Waals surface area contributed by atoms with E-state index in [0.717, 1.165) is 11.5 Å². The number of H-pyrrole nitrogens is 1. The Morgan fingerprint density at radius 1 is 1.54 bits per heavy atom. The topological polar surface area (TPSA) is 33.9 Å². The Balaban J connectivity index is 2.24. The summed E-state index contributed by atoms with van der Waals surface area (Å²) in [7, 11) is 0. The van der Waals surface area contributed by atoms with Crippen molar-refractivity contribution in [3.63, 3.8) is 0 Å². The highest BCUT2D eigenvalue weighted by Gasteiger charge is 1.99. The van der Waals surface area contributed by atoms with Gasteiger partial charge in [0.05, 0.1) is 6.54 Å². The third-order valence-corrected chi connectivity index (χ3v) is 2.20. The molecular weight excluding hydrogens is 184 g/mol. The second-order valence-corrected chi connectivity index (χ2v) is 3.29. The van der Waals surface area contributed by atoms with Crippen molar-refractivity contribution in [1.29, 1.82) is 0 Å². The van der Waals surface area contributed by atoms with Gasteiger partial charge in [0.1, 0.15) is 11.5 Å². The van der Waals surface area contributed by atoms with Crippen molar-refractivity contribution in [3.05, 3.63) is 40.8 Å². The molecule has 13 heavy (non-hydrogen) atoms. The van der Waals surface area contributed by atoms with E-state index in [4.69, 9.17) is 16.6 Å². The lowest BCUT2D eigenvalue weighted by Gasteiger charge is -1.97. The first kappa shape index (κ1) is 8.31. The summed E-state index contributed by atoms with van der Waals surface area (Å²) in [5, 5.41) is 0. The molecule has 2 rings (SSSR count). The van der Waals surface area contributed by atoms with Crippen molar-refractivity contribution < 1.29 is 4.42 Å². The van der Waals surface area contributed by atoms with Crippen molar-refractivity contribution >= 4 is 12.2 Å². The van der Waals surface area contributed by atoms with Gasteiger partial charge in [-0.3, -0.25) is 0 Å². The number of rotatable bonds is 2. The predicted molar refractivity (Wildman–Crippen MR) is 52.2 cm³/mol. The summed E-state index contributed by atoms with van der Waals surface area (Å²) in [6, 6.07) is 3.91. The summed E-state index contributed by atoms with van der Waals surface area (Å²) in [5.41, 5.74) is 0. The number of aryl methyl sites for hydroxylation is 1. The van der Waals surface area contributed by atoms with Crippen LogP contribution in [0.4, 0.5) is 0 Å². The molecule has 68 valence electrons. The van der Waals surface area contributed by atoms with Gasteiger partial charge in [-0.2, -0.15) is 0 Å². The van der Waals surface area contributed by atoms with Gasteiger partial charge in [0.15, 0.2) is 4.77 Å². The van der Waals surface area contributed by atoms with Gasteiger partial charge < -0.3 is 14.0 Å². The van der Waals surface area contributed by atoms with Crippen LogP contribution in [-0.2, 0) is 6.54 Å². The zero-order valence-corrected chi connectivity index (χ0v) is 8.10. The number of nitrogens with one attached hydrogen (secondary N) is 1. The monoisotopic (exact) mass is 194 g/mol. The van der Waals surface area contributed by atoms with Gasteiger partial charge in [0.25, 0.3) is 0 Å². The minimum atomic E-state index is 0.691. The first-order valence-corrected chi connectivity index (χ1v) is 4.45. The van der Waals surface area contributed by atoms with Crippen LogP contribution in [0.25, 0.3) is 0 Å². The quantitative estimate of drug-likeness (QED) is 0.745. The lowest BCUT2D eigenvalue weighted by Crippen LogP contribution is -1.96. The predicted octanol–water partition coefficient (Wildman–Crippen LogP) is 2.50. The zero-order valence-electron chi connectivity index (χ0n) is 7.28. The van der Waals surface area contributed by atoms with Crippen LogP contribution in [-0.4, -0.2) is 9.55 Å². The van der Waals surface area contributed by atoms with Crippen molar-refractivity contribution in [2.24, 2.45) is 0 Å². The summed E-state index contributed by atoms with van der Waals surface area (Å²) in [4.78, 5) is 2.93. The van der Waals surface area contributed by atoms with Crippen molar-refractivity contribution in [1.82, 2.24) is 9.55 Å². The van der Waals surface area contributed by atoms with Gasteiger partial charge in [0, 0.05) is 12.4 Å². The lowest BCUT2D eigenvalue weighted by molar-refractivity contribution is 0.469. The van der Waals surface area contributed by atoms with E-state index in [1.807, 2.05) is 36.0 Å². The molecule has 0 radical (unpaired) electrons. The third-order valence-electron chi connectivity index (χ3n) is 1.84. The molecule has 4 heteroatoms. The molecule has 0 saturated heterocycles. The fourth-order valence-corrected chi connectivity index (χ4v) is 1.41. The standard InChI is InChI=1S/C9H10N2OS/c1-7-2-3-8(12-7)6-11-5-4-10-9(11)13/h2-5H,6H2,1H3,(H,10,13). The van der Waals surface area contributed by atoms with E-state index in [1.54, 1.807) is 0 Å². The molecular formula is C9H10N2OS. The molecule has 0 aliphatic carbocycles. The van der Waals surface area contributed by atoms with Gasteiger partial charge in [-0.05, 0) is 31.3 Å². The number of aromatic nitrogens is 2. The Bertz CT molecular complexity index is 452. The number of nitrogens with zero attached hydrogens (tertiary/aromatic N) is 1. The van der Waals surface area contributed by atoms with Gasteiger partial charge >= 0.3 is 0 Å². The van der Waals surface area contributed by atoms with E-state index >= 15 is 0 Å². The molecule has 0 aliphatic rings. The number of aromatic amines is 1. The molecule has 1 N–H and O–H groups in total. The maximum Gasteiger partial charge on any atom is 0.177 e. The Labute approximate surface area is 81.0 Å². The van der Waals surface area contributed by atoms with Crippen LogP contribution < -0.4 is 0 Å². The Morgan fingerprint density at radius 2 is 2.38 bits per heavy atom. The molecule has 0 spiro atoms. The van der Waals surface area contributed by atoms with Crippen LogP contribution in [0.2, 0.25) is 0 Å². The molecule has 0 amide bonds. The molecule has 2 aromatic heterocycles. The third kappa shape index (κ3) is 1.72. The fraction of sp³-hybridized carbons (Fsp3) is 0.222. The second-order valence-electron chi connectivity index (χ2n) is 2.91. The summed E-state index contributed by atoms with van der Waals surface area (Å²) in [5.74, 6) is 1.85. The molecule has 0 aliphatic heterocycles. The number of hydrogen-bond donors (Lipinski definition) is 1. The Kier molecular flexibility index (Phi) is 2.06. The fourth-order valence-electron chi connectivity index (χ4n) is 1.21. The van der Waals surface area contributed by atoms with Crippen LogP contribution in [0, 0.1) is 11.7 Å². The highest BCUT2D eigenvalue weighted by atomic mass is 32.1. The second kappa shape index (κ2) is 3.22. The summed E-state index contributed by atoms with van der Waals surface area (Å²) in [6.07, 6.45) is 3.72. The molecule has 0 aromatic carbocycles. The Hall–Kier alpha value is -1.29. The van der Waals surface area contributed by atoms with E-state index < -0.39 is 0 Å². The smallest absolute Gasteiger partial charge is 0.177 e. The van der Waals surface area contributed by atoms with Gasteiger partial charge in [-0.25, -0.2) is 0 Å². The van der Waals surface area contributed by atoms with E-state index in [1.165, 1.54) is 0 Å². The highest BCUT2D eigenvalue weighted by molar-refractivity contribution is 7.71. The molecule has 3 nitrogen and oxygen atoms in total. The molecule has 0 bridgehead atoms. The maximum atomic E-state index is 5.43. The molecule has 0 unspecified atom stereocenters. The van der Waals surface area contributed by atoms with Crippen molar-refractivity contribution in [3.8, 4) is 0 Å². The normalized spacial score (nSPS) is 10.5. The first-order valence-electron chi connectivity index (χ1n) is 4.05. The molecule has 0 saturated carbocycles. The van der Waals surface area contributed by atoms with Crippen LogP contribution >= 0.6 is 12.2 Å². The van der Waals surface area contributed by atoms with E-state index in [-0.39, 0.29) is 0 Å². The number of hydrogen-bond acceptors (Lipinski definition) is 2. The summed E-state index contributed by atoms with van der Waals surface area (Å²) >= 11 is 5.06. The molecule has 2 aromatic rings. The van der Waals surface area contributed by atoms with E-state index in [0.29, 0.717) is 11.3 Å². The maximum absolute atomic E-state index is 5.43. The average Bonchev–Trinajstić information content (AvgIpc) is 2.64. The van der Waals surface area contributed by atoms with E-state index in [2.05, 4.69) is 4.98 Å². The largest absolute Gasteiger partial charge is 0.464 e. The first-order chi connectivity index (χ1) is 6.25. The number of imidazole rings is 1. The van der Waals surface area contributed by atoms with Crippen molar-refractivity contribution in [2.45, 2.75) is 13.5 Å². The SMILES string of the molecule is Cc1ccc(Cn2cc[nH]c2=S)o1. The Morgan fingerprint density at radius 3 is 2.92 bits per heavy atom. The van der Waals surface area contributed by atoms with Crippen molar-refractivity contribution in [2.75, 3.05) is 0 Å². The van der Waals surface area contributed by atoms with Crippen LogP contribution in [0.15, 0.2) is 28.9 Å². The van der Waals surface area contributed by atoms with Gasteiger partial charge in [-0.15, -0.1) is 0 Å². The van der Waals surface area contributed by atoms with Crippen LogP contribution in [0.1, 0.15) is 11.5 Å². The lowest BCUT2D eigenvalue weighted by atomic mass is 10.4. The minimum absolute atomic E-state index is 0.691. The van der Waals surface area contributed by atoms with Crippen LogP contribution in [0.3, 0.4) is 0 Å². The molecule has 0 atom stereocenters. The highest BCUT2D eigenvalue weighted by Crippen LogP contribution is 2.08. The van der Waals surface area contributed by atoms with E-state index in [9.17, 15) is 0 Å². The minimum Gasteiger partial charge on any atom is -0.464 e. The summed E-state index contributed by atoms with van der Waals surface area (Å²) < 4.78 is 8.07. The number of furan rings is 1. The average molecular weight is 194 g/mol. The molecule has 0 fully saturated rings. The molecule has 2 heterocycles. The van der Waals surface area contributed by atoms with Crippen LogP contribution in [0.5, 0.6) is 0 Å². The zero-order chi connectivity index (χ0) is 9.26. The van der Waals surface area contributed by atoms with Gasteiger partial charge in [0.2, 0.25) is 0 Å².